The van der Waals surface area contributed by atoms with E-state index in [1.165, 1.54) is 0 Å². The summed E-state index contributed by atoms with van der Waals surface area (Å²) in [4.78, 5) is 29.1. The fourth-order valence-corrected chi connectivity index (χ4v) is 3.46. The molecule has 3 heterocycles. The minimum absolute atomic E-state index is 0.183. The van der Waals surface area contributed by atoms with Crippen LogP contribution in [0.15, 0.2) is 12.1 Å². The van der Waals surface area contributed by atoms with E-state index in [0.29, 0.717) is 12.0 Å². The predicted octanol–water partition coefficient (Wildman–Crippen LogP) is 2.97. The van der Waals surface area contributed by atoms with E-state index in [1.54, 1.807) is 4.52 Å². The Kier molecular flexibility index (Phi) is 5.36. The van der Waals surface area contributed by atoms with Crippen LogP contribution in [0.4, 0.5) is 0 Å². The molecule has 0 aliphatic rings. The summed E-state index contributed by atoms with van der Waals surface area (Å²) in [6.45, 7) is 9.41. The van der Waals surface area contributed by atoms with Gasteiger partial charge in [-0.15, -0.1) is 0 Å². The van der Waals surface area contributed by atoms with Gasteiger partial charge in [-0.2, -0.15) is 5.10 Å². The molecule has 28 heavy (non-hydrogen) atoms. The van der Waals surface area contributed by atoms with Gasteiger partial charge in [0.2, 0.25) is 5.78 Å². The zero-order valence-electron chi connectivity index (χ0n) is 17.3. The van der Waals surface area contributed by atoms with E-state index in [-0.39, 0.29) is 18.8 Å². The molecule has 3 rings (SSSR count). The number of carbonyl (C=O) groups is 2. The molecule has 148 valence electrons. The monoisotopic (exact) mass is 382 g/mol. The van der Waals surface area contributed by atoms with E-state index in [0.717, 1.165) is 39.7 Å². The highest BCUT2D eigenvalue weighted by Crippen LogP contribution is 2.18. The van der Waals surface area contributed by atoms with E-state index < -0.39 is 5.97 Å². The Hall–Kier alpha value is -2.96. The number of esters is 1. The summed E-state index contributed by atoms with van der Waals surface area (Å²) in [5, 5.41) is 4.44. The first-order valence-corrected chi connectivity index (χ1v) is 9.33. The van der Waals surface area contributed by atoms with Gasteiger partial charge in [0, 0.05) is 47.9 Å². The highest BCUT2D eigenvalue weighted by Gasteiger charge is 2.17. The van der Waals surface area contributed by atoms with Gasteiger partial charge in [0.1, 0.15) is 0 Å². The van der Waals surface area contributed by atoms with E-state index >= 15 is 0 Å². The summed E-state index contributed by atoms with van der Waals surface area (Å²) >= 11 is 0. The molecule has 0 bridgehead atoms. The zero-order chi connectivity index (χ0) is 20.6. The largest absolute Gasteiger partial charge is 0.457 e. The molecule has 0 N–H and O–H groups in total. The van der Waals surface area contributed by atoms with Gasteiger partial charge < -0.3 is 9.30 Å². The molecule has 0 saturated heterocycles. The van der Waals surface area contributed by atoms with Crippen LogP contribution in [-0.4, -0.2) is 37.5 Å². The number of fused-ring (bicyclic) bond motifs is 1. The lowest BCUT2D eigenvalue weighted by Gasteiger charge is -2.11. The van der Waals surface area contributed by atoms with Crippen LogP contribution in [0.25, 0.3) is 5.65 Å². The SMILES string of the molecule is Cc1cc2nc(C)c(CCC(=O)OCC(=O)c3cc(C)n(C)c3C)c(C)n2n1. The molecule has 0 unspecified atom stereocenters. The normalized spacial score (nSPS) is 11.2. The Morgan fingerprint density at radius 3 is 2.43 bits per heavy atom. The van der Waals surface area contributed by atoms with Crippen LogP contribution in [0.5, 0.6) is 0 Å². The van der Waals surface area contributed by atoms with Gasteiger partial charge >= 0.3 is 5.97 Å². The van der Waals surface area contributed by atoms with Crippen molar-refractivity contribution in [3.8, 4) is 0 Å². The number of ketones is 1. The molecule has 7 heteroatoms. The smallest absolute Gasteiger partial charge is 0.306 e. The average molecular weight is 382 g/mol. The van der Waals surface area contributed by atoms with Crippen molar-refractivity contribution in [3.63, 3.8) is 0 Å². The van der Waals surface area contributed by atoms with Gasteiger partial charge in [-0.3, -0.25) is 9.59 Å². The summed E-state index contributed by atoms with van der Waals surface area (Å²) in [7, 11) is 1.91. The van der Waals surface area contributed by atoms with Crippen LogP contribution in [0.2, 0.25) is 0 Å². The third-order valence-corrected chi connectivity index (χ3v) is 5.31. The van der Waals surface area contributed by atoms with Crippen molar-refractivity contribution in [1.29, 1.82) is 0 Å². The molecule has 3 aromatic rings. The maximum Gasteiger partial charge on any atom is 0.306 e. The number of Topliss-reactive ketones (excluding diaryl/α,β-unsaturated/α-hetero) is 1. The lowest BCUT2D eigenvalue weighted by atomic mass is 10.1. The van der Waals surface area contributed by atoms with Crippen LogP contribution < -0.4 is 0 Å². The van der Waals surface area contributed by atoms with Crippen molar-refractivity contribution in [1.82, 2.24) is 19.2 Å². The van der Waals surface area contributed by atoms with Gasteiger partial charge in [-0.05, 0) is 52.7 Å². The average Bonchev–Trinajstić information content (AvgIpc) is 3.13. The maximum absolute atomic E-state index is 12.4. The topological polar surface area (TPSA) is 78.5 Å². The molecule has 0 radical (unpaired) electrons. The summed E-state index contributed by atoms with van der Waals surface area (Å²) < 4.78 is 8.96. The molecule has 0 spiro atoms. The maximum atomic E-state index is 12.4. The van der Waals surface area contributed by atoms with Crippen LogP contribution in [0.3, 0.4) is 0 Å². The number of carbonyl (C=O) groups excluding carboxylic acids is 2. The Bertz CT molecular complexity index is 1080. The van der Waals surface area contributed by atoms with Crippen molar-refractivity contribution < 1.29 is 14.3 Å². The molecule has 0 aliphatic carbocycles. The van der Waals surface area contributed by atoms with Crippen molar-refractivity contribution in [2.45, 2.75) is 47.5 Å². The Balaban J connectivity index is 1.62. The summed E-state index contributed by atoms with van der Waals surface area (Å²) in [5.41, 5.74) is 7.00. The third kappa shape index (κ3) is 3.69. The standard InChI is InChI=1S/C21H26N4O3/c1-12-9-20-22-14(3)17(16(5)25(20)23-12)7-8-21(27)28-11-19(26)18-10-13(2)24(6)15(18)4/h9-10H,7-8,11H2,1-6H3. The molecule has 0 aliphatic heterocycles. The summed E-state index contributed by atoms with van der Waals surface area (Å²) in [5.74, 6) is -0.578. The molecule has 0 amide bonds. The molecule has 3 aromatic heterocycles. The third-order valence-electron chi connectivity index (χ3n) is 5.31. The molecule has 0 fully saturated rings. The number of nitrogens with zero attached hydrogens (tertiary/aromatic N) is 4. The molecular weight excluding hydrogens is 356 g/mol. The second-order valence-electron chi connectivity index (χ2n) is 7.24. The minimum atomic E-state index is -0.394. The first-order valence-electron chi connectivity index (χ1n) is 9.33. The Labute approximate surface area is 164 Å². The molecule has 0 saturated carbocycles. The quantitative estimate of drug-likeness (QED) is 0.484. The number of hydrogen-bond acceptors (Lipinski definition) is 5. The van der Waals surface area contributed by atoms with Crippen molar-refractivity contribution in [2.24, 2.45) is 7.05 Å². The van der Waals surface area contributed by atoms with E-state index in [1.807, 2.05) is 58.4 Å². The van der Waals surface area contributed by atoms with Crippen LogP contribution in [0.1, 0.15) is 50.8 Å². The lowest BCUT2D eigenvalue weighted by Crippen LogP contribution is -2.16. The van der Waals surface area contributed by atoms with Crippen LogP contribution in [0, 0.1) is 34.6 Å². The van der Waals surface area contributed by atoms with Gasteiger partial charge in [0.15, 0.2) is 12.3 Å². The number of ether oxygens (including phenoxy) is 1. The lowest BCUT2D eigenvalue weighted by molar-refractivity contribution is -0.142. The van der Waals surface area contributed by atoms with Gasteiger partial charge in [-0.1, -0.05) is 0 Å². The van der Waals surface area contributed by atoms with E-state index in [4.69, 9.17) is 4.74 Å². The Morgan fingerprint density at radius 2 is 1.79 bits per heavy atom. The first-order chi connectivity index (χ1) is 13.2. The summed E-state index contributed by atoms with van der Waals surface area (Å²) in [6.07, 6.45) is 0.686. The van der Waals surface area contributed by atoms with Crippen LogP contribution in [-0.2, 0) is 23.0 Å². The van der Waals surface area contributed by atoms with Crippen LogP contribution >= 0.6 is 0 Å². The molecule has 0 aromatic carbocycles. The molecule has 7 nitrogen and oxygen atoms in total. The fourth-order valence-electron chi connectivity index (χ4n) is 3.46. The second-order valence-corrected chi connectivity index (χ2v) is 7.24. The predicted molar refractivity (Wildman–Crippen MR) is 106 cm³/mol. The van der Waals surface area contributed by atoms with Gasteiger partial charge in [0.25, 0.3) is 0 Å². The number of aryl methyl sites for hydroxylation is 4. The molecule has 0 atom stereocenters. The van der Waals surface area contributed by atoms with Crippen molar-refractivity contribution in [2.75, 3.05) is 6.61 Å². The second kappa shape index (κ2) is 7.58. The number of aromatic nitrogens is 4. The molecular formula is C21H26N4O3. The number of hydrogen-bond donors (Lipinski definition) is 0. The first kappa shape index (κ1) is 19.8. The number of rotatable bonds is 6. The van der Waals surface area contributed by atoms with E-state index in [9.17, 15) is 9.59 Å². The Morgan fingerprint density at radius 1 is 1.07 bits per heavy atom. The highest BCUT2D eigenvalue weighted by atomic mass is 16.5. The summed E-state index contributed by atoms with van der Waals surface area (Å²) in [6, 6.07) is 3.75. The highest BCUT2D eigenvalue weighted by molar-refractivity contribution is 5.99. The van der Waals surface area contributed by atoms with Gasteiger partial charge in [0.05, 0.1) is 5.69 Å². The van der Waals surface area contributed by atoms with Crippen molar-refractivity contribution in [3.05, 3.63) is 51.7 Å². The van der Waals surface area contributed by atoms with Gasteiger partial charge in [-0.25, -0.2) is 9.50 Å². The van der Waals surface area contributed by atoms with E-state index in [2.05, 4.69) is 10.1 Å². The zero-order valence-corrected chi connectivity index (χ0v) is 17.3. The minimum Gasteiger partial charge on any atom is -0.457 e. The van der Waals surface area contributed by atoms with Crippen molar-refractivity contribution >= 4 is 17.4 Å². The fraction of sp³-hybridized carbons (Fsp3) is 0.429.